The molecule has 15 heavy (non-hydrogen) atoms. The van der Waals surface area contributed by atoms with Gasteiger partial charge in [0.15, 0.2) is 0 Å². The Kier molecular flexibility index (Phi) is 2.86. The molecule has 0 saturated heterocycles. The average Bonchev–Trinajstić information content (AvgIpc) is 2.74. The zero-order chi connectivity index (χ0) is 10.7. The molecule has 1 aromatic carbocycles. The van der Waals surface area contributed by atoms with E-state index in [0.717, 1.165) is 0 Å². The van der Waals surface area contributed by atoms with Crippen LogP contribution in [0.5, 0.6) is 0 Å². The van der Waals surface area contributed by atoms with Gasteiger partial charge in [0.25, 0.3) is 0 Å². The van der Waals surface area contributed by atoms with Crippen molar-refractivity contribution < 1.29 is 0 Å². The SMILES string of the molecule is CC(=Cc1ccc(C)cc1)C1C=CC=C1. The van der Waals surface area contributed by atoms with Crippen LogP contribution in [0.3, 0.4) is 0 Å². The van der Waals surface area contributed by atoms with E-state index in [9.17, 15) is 0 Å². The molecule has 1 aliphatic rings. The number of benzene rings is 1. The van der Waals surface area contributed by atoms with Crippen molar-refractivity contribution in [1.29, 1.82) is 0 Å². The Morgan fingerprint density at radius 1 is 1.07 bits per heavy atom. The fourth-order valence-corrected chi connectivity index (χ4v) is 1.76. The predicted octanol–water partition coefficient (Wildman–Crippen LogP) is 4.14. The summed E-state index contributed by atoms with van der Waals surface area (Å²) in [5, 5.41) is 0. The maximum Gasteiger partial charge on any atom is 0.0164 e. The van der Waals surface area contributed by atoms with Crippen molar-refractivity contribution in [1.82, 2.24) is 0 Å². The molecule has 76 valence electrons. The monoisotopic (exact) mass is 196 g/mol. The van der Waals surface area contributed by atoms with Gasteiger partial charge >= 0.3 is 0 Å². The van der Waals surface area contributed by atoms with Gasteiger partial charge in [-0.3, -0.25) is 0 Å². The first-order valence-corrected chi connectivity index (χ1v) is 5.35. The Morgan fingerprint density at radius 3 is 2.27 bits per heavy atom. The molecule has 0 N–H and O–H groups in total. The standard InChI is InChI=1S/C15H16/c1-12-7-9-14(10-8-12)11-13(2)15-5-3-4-6-15/h3-11,15H,1-2H3. The molecular formula is C15H16. The summed E-state index contributed by atoms with van der Waals surface area (Å²) in [6.45, 7) is 4.30. The van der Waals surface area contributed by atoms with E-state index >= 15 is 0 Å². The Hall–Kier alpha value is -1.56. The van der Waals surface area contributed by atoms with E-state index in [0.29, 0.717) is 5.92 Å². The maximum absolute atomic E-state index is 2.25. The third kappa shape index (κ3) is 2.47. The molecule has 1 aromatic rings. The van der Waals surface area contributed by atoms with E-state index in [4.69, 9.17) is 0 Å². The normalized spacial score (nSPS) is 16.3. The Balaban J connectivity index is 2.18. The fourth-order valence-electron chi connectivity index (χ4n) is 1.76. The van der Waals surface area contributed by atoms with Crippen LogP contribution in [0.25, 0.3) is 6.08 Å². The lowest BCUT2D eigenvalue weighted by Gasteiger charge is -2.05. The topological polar surface area (TPSA) is 0 Å². The van der Waals surface area contributed by atoms with Crippen molar-refractivity contribution in [2.45, 2.75) is 13.8 Å². The van der Waals surface area contributed by atoms with Gasteiger partial charge in [-0.05, 0) is 19.4 Å². The molecule has 0 unspecified atom stereocenters. The quantitative estimate of drug-likeness (QED) is 0.667. The second kappa shape index (κ2) is 4.31. The first-order chi connectivity index (χ1) is 7.25. The highest BCUT2D eigenvalue weighted by molar-refractivity contribution is 5.55. The molecule has 0 aliphatic heterocycles. The molecule has 0 nitrogen and oxygen atoms in total. The highest BCUT2D eigenvalue weighted by atomic mass is 14.1. The Labute approximate surface area is 91.6 Å². The van der Waals surface area contributed by atoms with Crippen LogP contribution in [0, 0.1) is 12.8 Å². The molecule has 0 fully saturated rings. The van der Waals surface area contributed by atoms with Crippen LogP contribution in [-0.2, 0) is 0 Å². The van der Waals surface area contributed by atoms with Crippen LogP contribution in [-0.4, -0.2) is 0 Å². The van der Waals surface area contributed by atoms with E-state index < -0.39 is 0 Å². The number of rotatable bonds is 2. The largest absolute Gasteiger partial charge is 0.0736 e. The summed E-state index contributed by atoms with van der Waals surface area (Å²) < 4.78 is 0. The van der Waals surface area contributed by atoms with E-state index in [1.807, 2.05) is 0 Å². The van der Waals surface area contributed by atoms with Gasteiger partial charge in [-0.2, -0.15) is 0 Å². The van der Waals surface area contributed by atoms with Gasteiger partial charge in [-0.1, -0.05) is 65.8 Å². The molecule has 0 aromatic heterocycles. The van der Waals surface area contributed by atoms with Gasteiger partial charge in [0.05, 0.1) is 0 Å². The van der Waals surface area contributed by atoms with E-state index in [-0.39, 0.29) is 0 Å². The molecule has 0 bridgehead atoms. The second-order valence-electron chi connectivity index (χ2n) is 4.09. The van der Waals surface area contributed by atoms with Crippen molar-refractivity contribution in [3.63, 3.8) is 0 Å². The molecule has 0 spiro atoms. The van der Waals surface area contributed by atoms with E-state index in [1.54, 1.807) is 0 Å². The molecule has 2 rings (SSSR count). The molecule has 0 heteroatoms. The molecule has 0 atom stereocenters. The van der Waals surface area contributed by atoms with Gasteiger partial charge in [0.1, 0.15) is 0 Å². The molecular weight excluding hydrogens is 180 g/mol. The van der Waals surface area contributed by atoms with Crippen LogP contribution in [0.15, 0.2) is 54.1 Å². The zero-order valence-electron chi connectivity index (χ0n) is 9.27. The van der Waals surface area contributed by atoms with Gasteiger partial charge in [0, 0.05) is 5.92 Å². The Morgan fingerprint density at radius 2 is 1.67 bits per heavy atom. The van der Waals surface area contributed by atoms with Gasteiger partial charge < -0.3 is 0 Å². The first kappa shape index (κ1) is 9.97. The third-order valence-corrected chi connectivity index (χ3v) is 2.75. The van der Waals surface area contributed by atoms with Gasteiger partial charge in [0.2, 0.25) is 0 Å². The Bertz CT molecular complexity index is 404. The summed E-state index contributed by atoms with van der Waals surface area (Å²) in [6.07, 6.45) is 10.9. The van der Waals surface area contributed by atoms with Crippen LogP contribution < -0.4 is 0 Å². The maximum atomic E-state index is 2.25. The van der Waals surface area contributed by atoms with Crippen LogP contribution >= 0.6 is 0 Å². The number of hydrogen-bond donors (Lipinski definition) is 0. The molecule has 0 amide bonds. The minimum atomic E-state index is 0.492. The second-order valence-corrected chi connectivity index (χ2v) is 4.09. The van der Waals surface area contributed by atoms with Crippen molar-refractivity contribution in [2.75, 3.05) is 0 Å². The highest BCUT2D eigenvalue weighted by Gasteiger charge is 2.05. The van der Waals surface area contributed by atoms with Crippen LogP contribution in [0.4, 0.5) is 0 Å². The van der Waals surface area contributed by atoms with Crippen LogP contribution in [0.1, 0.15) is 18.1 Å². The number of allylic oxidation sites excluding steroid dienone is 5. The molecule has 0 heterocycles. The van der Waals surface area contributed by atoms with Crippen LogP contribution in [0.2, 0.25) is 0 Å². The van der Waals surface area contributed by atoms with Gasteiger partial charge in [-0.15, -0.1) is 0 Å². The highest BCUT2D eigenvalue weighted by Crippen LogP contribution is 2.21. The molecule has 1 aliphatic carbocycles. The summed E-state index contributed by atoms with van der Waals surface area (Å²) in [7, 11) is 0. The summed E-state index contributed by atoms with van der Waals surface area (Å²) in [6, 6.07) is 8.64. The third-order valence-electron chi connectivity index (χ3n) is 2.75. The lowest BCUT2D eigenvalue weighted by molar-refractivity contribution is 0.995. The fraction of sp³-hybridized carbons (Fsp3) is 0.200. The predicted molar refractivity (Wildman–Crippen MR) is 66.6 cm³/mol. The summed E-state index contributed by atoms with van der Waals surface area (Å²) in [4.78, 5) is 0. The van der Waals surface area contributed by atoms with Crippen molar-refractivity contribution >= 4 is 6.08 Å². The first-order valence-electron chi connectivity index (χ1n) is 5.35. The van der Waals surface area contributed by atoms with Crippen molar-refractivity contribution in [3.8, 4) is 0 Å². The average molecular weight is 196 g/mol. The van der Waals surface area contributed by atoms with Gasteiger partial charge in [-0.25, -0.2) is 0 Å². The zero-order valence-corrected chi connectivity index (χ0v) is 9.27. The van der Waals surface area contributed by atoms with Crippen molar-refractivity contribution in [2.24, 2.45) is 5.92 Å². The minimum absolute atomic E-state index is 0.492. The minimum Gasteiger partial charge on any atom is -0.0736 e. The van der Waals surface area contributed by atoms with E-state index in [1.165, 1.54) is 16.7 Å². The number of aryl methyl sites for hydroxylation is 1. The molecule has 0 saturated carbocycles. The summed E-state index contributed by atoms with van der Waals surface area (Å²) in [5.74, 6) is 0.492. The van der Waals surface area contributed by atoms with Crippen molar-refractivity contribution in [3.05, 3.63) is 65.3 Å². The number of hydrogen-bond acceptors (Lipinski definition) is 0. The molecule has 0 radical (unpaired) electrons. The van der Waals surface area contributed by atoms with E-state index in [2.05, 4.69) is 68.5 Å². The summed E-state index contributed by atoms with van der Waals surface area (Å²) >= 11 is 0. The summed E-state index contributed by atoms with van der Waals surface area (Å²) in [5.41, 5.74) is 3.99. The smallest absolute Gasteiger partial charge is 0.0164 e. The lowest BCUT2D eigenvalue weighted by atomic mass is 9.99. The lowest BCUT2D eigenvalue weighted by Crippen LogP contribution is -1.90.